The molecule has 0 saturated carbocycles. The minimum atomic E-state index is -1.32. The van der Waals surface area contributed by atoms with Crippen molar-refractivity contribution in [3.8, 4) is 11.3 Å². The maximum Gasteiger partial charge on any atom is 0.361 e. The Morgan fingerprint density at radius 2 is 1.82 bits per heavy atom. The van der Waals surface area contributed by atoms with E-state index in [1.165, 1.54) is 56.4 Å². The number of rotatable bonds is 11. The molecule has 7 rings (SSSR count). The molecule has 2 aromatic carbocycles. The van der Waals surface area contributed by atoms with Gasteiger partial charge in [0.15, 0.2) is 11.5 Å². The van der Waals surface area contributed by atoms with Crippen LogP contribution in [0.1, 0.15) is 53.9 Å². The number of amides is 1. The number of carbonyl (C=O) groups excluding carboxylic acids is 2. The number of fused-ring (bicyclic) bond motifs is 2. The van der Waals surface area contributed by atoms with Gasteiger partial charge in [-0.2, -0.15) is 5.10 Å². The number of nitrogens with two attached hydrogens (primary N) is 1. The highest BCUT2D eigenvalue weighted by atomic mass is 35.5. The zero-order valence-corrected chi connectivity index (χ0v) is 27.9. The molecule has 5 heterocycles. The first-order chi connectivity index (χ1) is 23.4. The van der Waals surface area contributed by atoms with Crippen molar-refractivity contribution in [2.24, 2.45) is 0 Å². The van der Waals surface area contributed by atoms with Gasteiger partial charge in [-0.3, -0.25) is 14.4 Å². The number of halogens is 2. The van der Waals surface area contributed by atoms with Gasteiger partial charge in [0.2, 0.25) is 6.10 Å². The number of nitrogens with one attached hydrogen (secondary N) is 2. The number of anilines is 2. The van der Waals surface area contributed by atoms with E-state index in [1.54, 1.807) is 36.5 Å². The third kappa shape index (κ3) is 8.07. The molecule has 14 heteroatoms. The molecule has 258 valence electrons. The van der Waals surface area contributed by atoms with Crippen LogP contribution in [0, 0.1) is 5.82 Å². The summed E-state index contributed by atoms with van der Waals surface area (Å²) in [5, 5.41) is 10.9. The fourth-order valence-electron chi connectivity index (χ4n) is 6.99. The summed E-state index contributed by atoms with van der Waals surface area (Å²) >= 11 is 0. The molecule has 3 saturated heterocycles. The van der Waals surface area contributed by atoms with Crippen LogP contribution in [0.15, 0.2) is 73.2 Å². The van der Waals surface area contributed by atoms with Crippen molar-refractivity contribution in [2.45, 2.75) is 49.9 Å². The predicted octanol–water partition coefficient (Wildman–Crippen LogP) is 4.09. The van der Waals surface area contributed by atoms with Crippen LogP contribution < -0.4 is 16.4 Å². The average molecular weight is 690 g/mol. The minimum absolute atomic E-state index is 0. The zero-order valence-electron chi connectivity index (χ0n) is 27.1. The van der Waals surface area contributed by atoms with Crippen LogP contribution in [-0.2, 0) is 9.53 Å². The Morgan fingerprint density at radius 3 is 2.53 bits per heavy atom. The molecule has 4 N–H and O–H groups in total. The van der Waals surface area contributed by atoms with Gasteiger partial charge in [0.1, 0.15) is 5.82 Å². The number of nitrogens with zero attached hydrogens (tertiary/aromatic N) is 6. The molecule has 3 aliphatic heterocycles. The lowest BCUT2D eigenvalue weighted by molar-refractivity contribution is -0.125. The first-order valence-corrected chi connectivity index (χ1v) is 16.6. The van der Waals surface area contributed by atoms with Crippen molar-refractivity contribution < 1.29 is 18.7 Å². The van der Waals surface area contributed by atoms with Crippen LogP contribution in [0.25, 0.3) is 11.3 Å². The third-order valence-corrected chi connectivity index (χ3v) is 9.59. The van der Waals surface area contributed by atoms with E-state index in [9.17, 15) is 14.0 Å². The highest BCUT2D eigenvalue weighted by molar-refractivity contribution is 5.99. The Kier molecular flexibility index (Phi) is 10.8. The number of hydrogen-bond acceptors (Lipinski definition) is 10. The van der Waals surface area contributed by atoms with Crippen LogP contribution in [0.2, 0.25) is 0 Å². The van der Waals surface area contributed by atoms with Crippen LogP contribution >= 0.6 is 12.4 Å². The Bertz CT molecular complexity index is 1730. The Labute approximate surface area is 290 Å². The van der Waals surface area contributed by atoms with Gasteiger partial charge in [0, 0.05) is 61.3 Å². The summed E-state index contributed by atoms with van der Waals surface area (Å²) in [6.07, 6.45) is 8.32. The molecule has 3 aliphatic rings. The second-order valence-corrected chi connectivity index (χ2v) is 12.8. The third-order valence-electron chi connectivity index (χ3n) is 9.59. The Hall–Kier alpha value is -4.43. The van der Waals surface area contributed by atoms with Gasteiger partial charge in [0.05, 0.1) is 24.1 Å². The topological polar surface area (TPSA) is 144 Å². The van der Waals surface area contributed by atoms with Crippen LogP contribution in [0.3, 0.4) is 0 Å². The summed E-state index contributed by atoms with van der Waals surface area (Å²) < 4.78 is 21.1. The minimum Gasteiger partial charge on any atom is -0.442 e. The number of benzene rings is 2. The van der Waals surface area contributed by atoms with E-state index in [4.69, 9.17) is 10.5 Å². The van der Waals surface area contributed by atoms with Gasteiger partial charge in [-0.25, -0.2) is 19.2 Å². The standard InChI is InChI=1S/C35H40FN9O3.ClH/c36-25-7-9-26(10-8-25)41-34(46)32(23-5-2-1-3-6-23)48-35(47)31-33(37)39-20-30(42-31)24-18-40-45(21-24)28-11-15-43(16-12-28)13-4-14-44-22-27-17-29(44)19-38-27;/h1-3,5-10,18,20-21,27-29,32,38H,4,11-17,19,22H2,(H2,37,39)(H,41,46);1H/t27?,29?,32-;/m1./s1. The van der Waals surface area contributed by atoms with E-state index >= 15 is 0 Å². The summed E-state index contributed by atoms with van der Waals surface area (Å²) in [5.41, 5.74) is 7.77. The van der Waals surface area contributed by atoms with Gasteiger partial charge in [0.25, 0.3) is 5.91 Å². The van der Waals surface area contributed by atoms with Crippen molar-refractivity contribution in [1.82, 2.24) is 34.9 Å². The molecule has 49 heavy (non-hydrogen) atoms. The predicted molar refractivity (Wildman–Crippen MR) is 186 cm³/mol. The van der Waals surface area contributed by atoms with Crippen LogP contribution in [-0.4, -0.2) is 92.8 Å². The van der Waals surface area contributed by atoms with Gasteiger partial charge in [-0.15, -0.1) is 12.4 Å². The summed E-state index contributed by atoms with van der Waals surface area (Å²) in [6, 6.07) is 15.6. The summed E-state index contributed by atoms with van der Waals surface area (Å²) in [5.74, 6) is -2.08. The van der Waals surface area contributed by atoms with E-state index in [1.807, 2.05) is 10.9 Å². The molecule has 3 atom stereocenters. The van der Waals surface area contributed by atoms with Crippen molar-refractivity contribution in [1.29, 1.82) is 0 Å². The van der Waals surface area contributed by atoms with Crippen molar-refractivity contribution in [3.63, 3.8) is 0 Å². The molecule has 0 radical (unpaired) electrons. The van der Waals surface area contributed by atoms with Gasteiger partial charge in [-0.05, 0) is 63.0 Å². The van der Waals surface area contributed by atoms with E-state index in [2.05, 4.69) is 35.5 Å². The molecule has 1 amide bonds. The largest absolute Gasteiger partial charge is 0.442 e. The number of hydrogen-bond donors (Lipinski definition) is 3. The number of esters is 1. The maximum absolute atomic E-state index is 13.4. The van der Waals surface area contributed by atoms with Crippen molar-refractivity contribution in [2.75, 3.05) is 50.3 Å². The summed E-state index contributed by atoms with van der Waals surface area (Å²) in [7, 11) is 0. The lowest BCUT2D eigenvalue weighted by Crippen LogP contribution is -2.44. The molecule has 2 bridgehead atoms. The van der Waals surface area contributed by atoms with E-state index in [-0.39, 0.29) is 30.0 Å². The number of carbonyl (C=O) groups is 2. The first kappa shape index (κ1) is 34.4. The quantitative estimate of drug-likeness (QED) is 0.197. The number of nitrogen functional groups attached to an aromatic ring is 1. The smallest absolute Gasteiger partial charge is 0.361 e. The number of piperidine rings is 1. The van der Waals surface area contributed by atoms with Crippen LogP contribution in [0.4, 0.5) is 15.9 Å². The Balaban J connectivity index is 0.00000417. The second-order valence-electron chi connectivity index (χ2n) is 12.8. The second kappa shape index (κ2) is 15.4. The number of likely N-dealkylation sites (tertiary alicyclic amines) is 2. The van der Waals surface area contributed by atoms with Crippen LogP contribution in [0.5, 0.6) is 0 Å². The van der Waals surface area contributed by atoms with E-state index < -0.39 is 23.8 Å². The Morgan fingerprint density at radius 1 is 1.04 bits per heavy atom. The SMILES string of the molecule is Cl.Nc1ncc(-c2cnn(C3CCN(CCCN4CC5CC4CN5)CC3)c2)nc1C(=O)O[C@@H](C(=O)Nc1ccc(F)cc1)c1ccccc1. The van der Waals surface area contributed by atoms with Crippen molar-refractivity contribution >= 4 is 35.8 Å². The van der Waals surface area contributed by atoms with Gasteiger partial charge >= 0.3 is 5.97 Å². The molecule has 0 aliphatic carbocycles. The number of ether oxygens (including phenoxy) is 1. The molecular weight excluding hydrogens is 649 g/mol. The monoisotopic (exact) mass is 689 g/mol. The van der Waals surface area contributed by atoms with Gasteiger partial charge in [-0.1, -0.05) is 30.3 Å². The highest BCUT2D eigenvalue weighted by Gasteiger charge is 2.37. The first-order valence-electron chi connectivity index (χ1n) is 16.6. The fourth-order valence-corrected chi connectivity index (χ4v) is 6.99. The van der Waals surface area contributed by atoms with Gasteiger partial charge < -0.3 is 26.0 Å². The molecule has 12 nitrogen and oxygen atoms in total. The molecule has 0 spiro atoms. The molecule has 2 aromatic heterocycles. The molecule has 4 aromatic rings. The lowest BCUT2D eigenvalue weighted by atomic mass is 10.0. The maximum atomic E-state index is 13.4. The lowest BCUT2D eigenvalue weighted by Gasteiger charge is -2.33. The normalized spacial score (nSPS) is 20.1. The van der Waals surface area contributed by atoms with E-state index in [0.717, 1.165) is 45.1 Å². The number of piperazine rings is 1. The van der Waals surface area contributed by atoms with Crippen molar-refractivity contribution in [3.05, 3.63) is 90.3 Å². The fraction of sp³-hybridized carbons (Fsp3) is 0.400. The highest BCUT2D eigenvalue weighted by Crippen LogP contribution is 2.28. The average Bonchev–Trinajstić information content (AvgIpc) is 3.88. The molecular formula is C35H41ClFN9O3. The van der Waals surface area contributed by atoms with E-state index in [0.29, 0.717) is 28.6 Å². The zero-order chi connectivity index (χ0) is 33.0. The molecule has 3 fully saturated rings. The summed E-state index contributed by atoms with van der Waals surface area (Å²) in [4.78, 5) is 40.6. The molecule has 2 unspecified atom stereocenters. The summed E-state index contributed by atoms with van der Waals surface area (Å²) in [6.45, 7) is 6.70. The number of aromatic nitrogens is 4.